The topological polar surface area (TPSA) is 67.4 Å². The molecule has 0 bridgehead atoms. The van der Waals surface area contributed by atoms with Crippen molar-refractivity contribution < 1.29 is 14.2 Å². The molecule has 0 spiro atoms. The Labute approximate surface area is 191 Å². The molecule has 1 heterocycles. The smallest absolute Gasteiger partial charge is 0.191 e. The van der Waals surface area contributed by atoms with Crippen LogP contribution in [0.3, 0.4) is 0 Å². The number of morpholine rings is 1. The summed E-state index contributed by atoms with van der Waals surface area (Å²) in [6.07, 6.45) is 0. The van der Waals surface area contributed by atoms with Crippen LogP contribution in [-0.2, 0) is 16.0 Å². The van der Waals surface area contributed by atoms with Gasteiger partial charge in [0.1, 0.15) is 12.4 Å². The van der Waals surface area contributed by atoms with E-state index in [0.717, 1.165) is 50.1 Å². The molecule has 7 heteroatoms. The molecule has 0 amide bonds. The largest absolute Gasteiger partial charge is 0.491 e. The van der Waals surface area contributed by atoms with Crippen LogP contribution >= 0.6 is 0 Å². The molecule has 2 N–H and O–H groups in total. The van der Waals surface area contributed by atoms with E-state index in [4.69, 9.17) is 14.2 Å². The summed E-state index contributed by atoms with van der Waals surface area (Å²) in [4.78, 5) is 6.90. The van der Waals surface area contributed by atoms with Gasteiger partial charge in [-0.2, -0.15) is 0 Å². The Kier molecular flexibility index (Phi) is 9.81. The van der Waals surface area contributed by atoms with Gasteiger partial charge < -0.3 is 24.8 Å². The van der Waals surface area contributed by atoms with E-state index >= 15 is 0 Å². The molecular formula is C25H36N4O3. The summed E-state index contributed by atoms with van der Waals surface area (Å²) in [6, 6.07) is 17.1. The molecule has 2 aromatic rings. The number of aryl methyl sites for hydroxylation is 1. The van der Waals surface area contributed by atoms with Crippen molar-refractivity contribution in [1.29, 1.82) is 0 Å². The number of benzene rings is 2. The number of ether oxygens (including phenoxy) is 3. The zero-order valence-corrected chi connectivity index (χ0v) is 19.5. The molecule has 0 aliphatic carbocycles. The third kappa shape index (κ3) is 7.22. The summed E-state index contributed by atoms with van der Waals surface area (Å²) < 4.78 is 16.6. The standard InChI is InChI=1S/C25H36N4O3/c1-20-9-10-22(24(17-20)32-16-15-30-3)18-27-25(26-2)28-19-23(21-7-5-4-6-8-21)29-11-13-31-14-12-29/h4-10,17,23H,11-16,18-19H2,1-3H3,(H2,26,27,28). The highest BCUT2D eigenvalue weighted by Crippen LogP contribution is 2.22. The molecule has 174 valence electrons. The molecule has 2 aromatic carbocycles. The van der Waals surface area contributed by atoms with Crippen LogP contribution in [0, 0.1) is 6.92 Å². The van der Waals surface area contributed by atoms with Crippen molar-refractivity contribution in [1.82, 2.24) is 15.5 Å². The van der Waals surface area contributed by atoms with Crippen molar-refractivity contribution in [3.8, 4) is 5.75 Å². The highest BCUT2D eigenvalue weighted by atomic mass is 16.5. The van der Waals surface area contributed by atoms with Gasteiger partial charge >= 0.3 is 0 Å². The molecule has 0 radical (unpaired) electrons. The average Bonchev–Trinajstić information content (AvgIpc) is 2.83. The molecule has 1 aliphatic rings. The van der Waals surface area contributed by atoms with Gasteiger partial charge in [0.15, 0.2) is 5.96 Å². The van der Waals surface area contributed by atoms with Gasteiger partial charge in [-0.1, -0.05) is 42.5 Å². The molecule has 7 nitrogen and oxygen atoms in total. The lowest BCUT2D eigenvalue weighted by Crippen LogP contribution is -2.46. The lowest BCUT2D eigenvalue weighted by Gasteiger charge is -2.35. The number of aliphatic imine (C=N–C) groups is 1. The van der Waals surface area contributed by atoms with Gasteiger partial charge in [0, 0.05) is 45.9 Å². The molecule has 1 saturated heterocycles. The lowest BCUT2D eigenvalue weighted by molar-refractivity contribution is 0.0170. The van der Waals surface area contributed by atoms with Gasteiger partial charge in [-0.3, -0.25) is 9.89 Å². The molecule has 1 unspecified atom stereocenters. The summed E-state index contributed by atoms with van der Waals surface area (Å²) in [5.41, 5.74) is 3.55. The Morgan fingerprint density at radius 2 is 1.88 bits per heavy atom. The van der Waals surface area contributed by atoms with Crippen molar-refractivity contribution in [3.63, 3.8) is 0 Å². The number of nitrogens with one attached hydrogen (secondary N) is 2. The minimum absolute atomic E-state index is 0.256. The van der Waals surface area contributed by atoms with Crippen LogP contribution in [0.4, 0.5) is 0 Å². The summed E-state index contributed by atoms with van der Waals surface area (Å²) in [5, 5.41) is 6.94. The highest BCUT2D eigenvalue weighted by molar-refractivity contribution is 5.79. The third-order valence-corrected chi connectivity index (χ3v) is 5.57. The minimum atomic E-state index is 0.256. The maximum atomic E-state index is 5.92. The Bertz CT molecular complexity index is 838. The molecule has 0 saturated carbocycles. The highest BCUT2D eigenvalue weighted by Gasteiger charge is 2.22. The van der Waals surface area contributed by atoms with Gasteiger partial charge in [0.2, 0.25) is 0 Å². The fourth-order valence-electron chi connectivity index (χ4n) is 3.79. The molecule has 1 aliphatic heterocycles. The van der Waals surface area contributed by atoms with E-state index in [-0.39, 0.29) is 6.04 Å². The number of methoxy groups -OCH3 is 1. The maximum absolute atomic E-state index is 5.92. The fraction of sp³-hybridized carbons (Fsp3) is 0.480. The second-order valence-corrected chi connectivity index (χ2v) is 7.83. The Morgan fingerprint density at radius 1 is 1.09 bits per heavy atom. The quantitative estimate of drug-likeness (QED) is 0.336. The summed E-state index contributed by atoms with van der Waals surface area (Å²) in [6.45, 7) is 7.94. The van der Waals surface area contributed by atoms with E-state index in [1.807, 2.05) is 0 Å². The summed E-state index contributed by atoms with van der Waals surface area (Å²) >= 11 is 0. The van der Waals surface area contributed by atoms with Crippen molar-refractivity contribution in [2.45, 2.75) is 19.5 Å². The van der Waals surface area contributed by atoms with Crippen LogP contribution in [0.2, 0.25) is 0 Å². The number of guanidine groups is 1. The van der Waals surface area contributed by atoms with Crippen LogP contribution in [0.15, 0.2) is 53.5 Å². The van der Waals surface area contributed by atoms with Crippen LogP contribution in [0.1, 0.15) is 22.7 Å². The monoisotopic (exact) mass is 440 g/mol. The first-order chi connectivity index (χ1) is 15.7. The van der Waals surface area contributed by atoms with Crippen molar-refractivity contribution in [2.75, 3.05) is 60.2 Å². The third-order valence-electron chi connectivity index (χ3n) is 5.57. The minimum Gasteiger partial charge on any atom is -0.491 e. The summed E-state index contributed by atoms with van der Waals surface area (Å²) in [5.74, 6) is 1.64. The normalized spacial score (nSPS) is 15.9. The van der Waals surface area contributed by atoms with Gasteiger partial charge in [-0.25, -0.2) is 0 Å². The predicted molar refractivity (Wildman–Crippen MR) is 128 cm³/mol. The Morgan fingerprint density at radius 3 is 2.59 bits per heavy atom. The molecule has 1 fully saturated rings. The number of hydrogen-bond acceptors (Lipinski definition) is 5. The van der Waals surface area contributed by atoms with Crippen LogP contribution in [0.25, 0.3) is 0 Å². The second kappa shape index (κ2) is 13.1. The van der Waals surface area contributed by atoms with Crippen LogP contribution < -0.4 is 15.4 Å². The first-order valence-electron chi connectivity index (χ1n) is 11.2. The van der Waals surface area contributed by atoms with Gasteiger partial charge in [0.05, 0.1) is 25.9 Å². The zero-order chi connectivity index (χ0) is 22.6. The van der Waals surface area contributed by atoms with Gasteiger partial charge in [0.25, 0.3) is 0 Å². The number of hydrogen-bond donors (Lipinski definition) is 2. The molecular weight excluding hydrogens is 404 g/mol. The molecule has 32 heavy (non-hydrogen) atoms. The first-order valence-corrected chi connectivity index (χ1v) is 11.2. The Balaban J connectivity index is 1.61. The molecule has 3 rings (SSSR count). The van der Waals surface area contributed by atoms with E-state index in [9.17, 15) is 0 Å². The molecule has 0 aromatic heterocycles. The van der Waals surface area contributed by atoms with Gasteiger partial charge in [-0.05, 0) is 24.1 Å². The van der Waals surface area contributed by atoms with Gasteiger partial charge in [-0.15, -0.1) is 0 Å². The SMILES string of the molecule is CN=C(NCc1ccc(C)cc1OCCOC)NCC(c1ccccc1)N1CCOCC1. The van der Waals surface area contributed by atoms with E-state index in [1.165, 1.54) is 11.1 Å². The number of rotatable bonds is 10. The maximum Gasteiger partial charge on any atom is 0.191 e. The summed E-state index contributed by atoms with van der Waals surface area (Å²) in [7, 11) is 3.48. The predicted octanol–water partition coefficient (Wildman–Crippen LogP) is 2.76. The molecule has 1 atom stereocenters. The number of nitrogens with zero attached hydrogens (tertiary/aromatic N) is 2. The van der Waals surface area contributed by atoms with Crippen molar-refractivity contribution >= 4 is 5.96 Å². The van der Waals surface area contributed by atoms with Crippen LogP contribution in [0.5, 0.6) is 5.75 Å². The zero-order valence-electron chi connectivity index (χ0n) is 19.5. The average molecular weight is 441 g/mol. The van der Waals surface area contributed by atoms with Crippen molar-refractivity contribution in [3.05, 3.63) is 65.2 Å². The first kappa shape index (κ1) is 24.0. The van der Waals surface area contributed by atoms with E-state index in [1.54, 1.807) is 14.2 Å². The van der Waals surface area contributed by atoms with E-state index in [2.05, 4.69) is 76.0 Å². The van der Waals surface area contributed by atoms with Crippen molar-refractivity contribution in [2.24, 2.45) is 4.99 Å². The van der Waals surface area contributed by atoms with Crippen LogP contribution in [-0.4, -0.2) is 71.1 Å². The fourth-order valence-corrected chi connectivity index (χ4v) is 3.79. The van der Waals surface area contributed by atoms with E-state index in [0.29, 0.717) is 19.8 Å². The Hall–Kier alpha value is -2.61. The lowest BCUT2D eigenvalue weighted by atomic mass is 10.0. The van der Waals surface area contributed by atoms with E-state index < -0.39 is 0 Å². The second-order valence-electron chi connectivity index (χ2n) is 7.83.